The van der Waals surface area contributed by atoms with Crippen molar-refractivity contribution in [1.82, 2.24) is 15.4 Å². The molecule has 0 radical (unpaired) electrons. The molecule has 0 aliphatic carbocycles. The van der Waals surface area contributed by atoms with Gasteiger partial charge in [-0.3, -0.25) is 4.79 Å². The molecule has 0 fully saturated rings. The highest BCUT2D eigenvalue weighted by Crippen LogP contribution is 2.25. The smallest absolute Gasteiger partial charge is 0.271 e. The lowest BCUT2D eigenvalue weighted by atomic mass is 10.1. The van der Waals surface area contributed by atoms with E-state index in [4.69, 9.17) is 16.3 Å². The largest absolute Gasteiger partial charge is 0.492 e. The first-order chi connectivity index (χ1) is 15.6. The Kier molecular flexibility index (Phi) is 6.82. The summed E-state index contributed by atoms with van der Waals surface area (Å²) in [4.78, 5) is 20.4. The number of carbonyl (C=O) groups excluding carboxylic acids is 1. The summed E-state index contributed by atoms with van der Waals surface area (Å²) in [5.74, 6) is 1.18. The number of imidazole rings is 1. The molecule has 3 aromatic carbocycles. The number of hydrazone groups is 1. The highest BCUT2D eigenvalue weighted by Gasteiger charge is 2.09. The lowest BCUT2D eigenvalue weighted by Gasteiger charge is -2.06. The number of benzene rings is 3. The predicted octanol–water partition coefficient (Wildman–Crippen LogP) is 5.36. The maximum atomic E-state index is 12.5. The molecule has 0 unspecified atom stereocenters. The number of aromatic amines is 1. The Labute approximate surface area is 191 Å². The van der Waals surface area contributed by atoms with Crippen LogP contribution < -0.4 is 10.2 Å². The van der Waals surface area contributed by atoms with Gasteiger partial charge in [-0.05, 0) is 53.9 Å². The van der Waals surface area contributed by atoms with Crippen LogP contribution in [0.2, 0.25) is 5.02 Å². The fourth-order valence-electron chi connectivity index (χ4n) is 3.23. The SMILES string of the molecule is CCCOc1ccc(/C=N\NC(=O)c2ccc3nc(Cc4ccccc4)[nH]c3c2)cc1Cl. The van der Waals surface area contributed by atoms with E-state index in [0.717, 1.165) is 28.8 Å². The predicted molar refractivity (Wildman–Crippen MR) is 128 cm³/mol. The molecule has 7 heteroatoms. The number of ether oxygens (including phenoxy) is 1. The summed E-state index contributed by atoms with van der Waals surface area (Å²) in [6.45, 7) is 2.64. The second-order valence-electron chi connectivity index (χ2n) is 7.32. The number of hydrogen-bond acceptors (Lipinski definition) is 4. The van der Waals surface area contributed by atoms with Gasteiger partial charge in [-0.2, -0.15) is 5.10 Å². The molecule has 0 bridgehead atoms. The molecule has 1 amide bonds. The molecule has 4 aromatic rings. The number of rotatable bonds is 8. The van der Waals surface area contributed by atoms with Crippen molar-refractivity contribution in [1.29, 1.82) is 0 Å². The average Bonchev–Trinajstić information content (AvgIpc) is 3.20. The molecule has 1 heterocycles. The van der Waals surface area contributed by atoms with Gasteiger partial charge in [0.15, 0.2) is 0 Å². The van der Waals surface area contributed by atoms with Crippen LogP contribution in [0.5, 0.6) is 5.75 Å². The number of nitrogens with one attached hydrogen (secondary N) is 2. The first kappa shape index (κ1) is 21.6. The van der Waals surface area contributed by atoms with Crippen LogP contribution in [0, 0.1) is 0 Å². The molecule has 162 valence electrons. The average molecular weight is 447 g/mol. The molecular formula is C25H23ClN4O2. The molecule has 6 nitrogen and oxygen atoms in total. The summed E-state index contributed by atoms with van der Waals surface area (Å²) in [5.41, 5.74) is 6.59. The van der Waals surface area contributed by atoms with Crippen LogP contribution in [-0.4, -0.2) is 28.7 Å². The molecular weight excluding hydrogens is 424 g/mol. The quantitative estimate of drug-likeness (QED) is 0.282. The van der Waals surface area contributed by atoms with Gasteiger partial charge in [0.25, 0.3) is 5.91 Å². The van der Waals surface area contributed by atoms with Gasteiger partial charge in [-0.15, -0.1) is 0 Å². The van der Waals surface area contributed by atoms with Crippen molar-refractivity contribution in [2.24, 2.45) is 5.10 Å². The third-order valence-electron chi connectivity index (χ3n) is 4.80. The van der Waals surface area contributed by atoms with Gasteiger partial charge < -0.3 is 9.72 Å². The van der Waals surface area contributed by atoms with Crippen LogP contribution in [0.4, 0.5) is 0 Å². The minimum absolute atomic E-state index is 0.309. The Bertz CT molecular complexity index is 1250. The highest BCUT2D eigenvalue weighted by molar-refractivity contribution is 6.32. The summed E-state index contributed by atoms with van der Waals surface area (Å²) in [6, 6.07) is 20.8. The number of fused-ring (bicyclic) bond motifs is 1. The number of aromatic nitrogens is 2. The van der Waals surface area contributed by atoms with Crippen molar-refractivity contribution in [2.45, 2.75) is 19.8 Å². The van der Waals surface area contributed by atoms with Gasteiger partial charge in [0, 0.05) is 12.0 Å². The summed E-state index contributed by atoms with van der Waals surface area (Å²) in [7, 11) is 0. The first-order valence-electron chi connectivity index (χ1n) is 10.4. The van der Waals surface area contributed by atoms with Crippen molar-refractivity contribution in [3.63, 3.8) is 0 Å². The van der Waals surface area contributed by atoms with Gasteiger partial charge in [0.2, 0.25) is 0 Å². The van der Waals surface area contributed by atoms with E-state index in [1.165, 1.54) is 5.56 Å². The number of halogens is 1. The second kappa shape index (κ2) is 10.1. The van der Waals surface area contributed by atoms with Crippen molar-refractivity contribution < 1.29 is 9.53 Å². The van der Waals surface area contributed by atoms with Crippen LogP contribution in [0.1, 0.15) is 40.7 Å². The molecule has 0 aliphatic rings. The summed E-state index contributed by atoms with van der Waals surface area (Å²) in [6.07, 6.45) is 3.15. The third kappa shape index (κ3) is 5.34. The zero-order valence-electron chi connectivity index (χ0n) is 17.6. The van der Waals surface area contributed by atoms with Crippen LogP contribution >= 0.6 is 11.6 Å². The summed E-state index contributed by atoms with van der Waals surface area (Å²) < 4.78 is 5.56. The standard InChI is InChI=1S/C25H23ClN4O2/c1-2-12-32-23-11-8-18(13-20(23)26)16-27-30-25(31)19-9-10-21-22(15-19)29-24(28-21)14-17-6-4-3-5-7-17/h3-11,13,15-16H,2,12,14H2,1H3,(H,28,29)(H,30,31)/b27-16-. The monoisotopic (exact) mass is 446 g/mol. The van der Waals surface area contributed by atoms with E-state index in [2.05, 4.69) is 32.6 Å². The van der Waals surface area contributed by atoms with E-state index in [-0.39, 0.29) is 5.91 Å². The van der Waals surface area contributed by atoms with Crippen LogP contribution in [0.15, 0.2) is 71.8 Å². The molecule has 0 saturated heterocycles. The van der Waals surface area contributed by atoms with Gasteiger partial charge in [-0.25, -0.2) is 10.4 Å². The topological polar surface area (TPSA) is 79.4 Å². The third-order valence-corrected chi connectivity index (χ3v) is 5.10. The zero-order valence-corrected chi connectivity index (χ0v) is 18.4. The number of nitrogens with zero attached hydrogens (tertiary/aromatic N) is 2. The molecule has 1 aromatic heterocycles. The van der Waals surface area contributed by atoms with Gasteiger partial charge >= 0.3 is 0 Å². The van der Waals surface area contributed by atoms with E-state index in [0.29, 0.717) is 29.4 Å². The minimum Gasteiger partial charge on any atom is -0.492 e. The van der Waals surface area contributed by atoms with Crippen LogP contribution in [0.3, 0.4) is 0 Å². The number of amides is 1. The zero-order chi connectivity index (χ0) is 22.3. The van der Waals surface area contributed by atoms with E-state index in [1.807, 2.05) is 37.3 Å². The maximum absolute atomic E-state index is 12.5. The molecule has 2 N–H and O–H groups in total. The normalized spacial score (nSPS) is 11.2. The van der Waals surface area contributed by atoms with E-state index >= 15 is 0 Å². The van der Waals surface area contributed by atoms with Crippen molar-refractivity contribution >= 4 is 34.8 Å². The second-order valence-corrected chi connectivity index (χ2v) is 7.72. The lowest BCUT2D eigenvalue weighted by molar-refractivity contribution is 0.0955. The Morgan fingerprint density at radius 2 is 2.00 bits per heavy atom. The van der Waals surface area contributed by atoms with Crippen LogP contribution in [0.25, 0.3) is 11.0 Å². The number of H-pyrrole nitrogens is 1. The van der Waals surface area contributed by atoms with Gasteiger partial charge in [0.05, 0.1) is 28.9 Å². The number of hydrogen-bond donors (Lipinski definition) is 2. The molecule has 0 atom stereocenters. The van der Waals surface area contributed by atoms with Crippen molar-refractivity contribution in [2.75, 3.05) is 6.61 Å². The Balaban J connectivity index is 1.40. The summed E-state index contributed by atoms with van der Waals surface area (Å²) >= 11 is 6.23. The van der Waals surface area contributed by atoms with Gasteiger partial charge in [0.1, 0.15) is 11.6 Å². The maximum Gasteiger partial charge on any atom is 0.271 e. The Hall–Kier alpha value is -3.64. The lowest BCUT2D eigenvalue weighted by Crippen LogP contribution is -2.17. The van der Waals surface area contributed by atoms with E-state index < -0.39 is 0 Å². The van der Waals surface area contributed by atoms with Crippen molar-refractivity contribution in [3.8, 4) is 5.75 Å². The fourth-order valence-corrected chi connectivity index (χ4v) is 3.48. The van der Waals surface area contributed by atoms with E-state index in [9.17, 15) is 4.79 Å². The van der Waals surface area contributed by atoms with Crippen molar-refractivity contribution in [3.05, 3.63) is 94.3 Å². The molecule has 0 aliphatic heterocycles. The molecule has 0 saturated carbocycles. The number of carbonyl (C=O) groups is 1. The fraction of sp³-hybridized carbons (Fsp3) is 0.160. The van der Waals surface area contributed by atoms with Crippen LogP contribution in [-0.2, 0) is 6.42 Å². The Morgan fingerprint density at radius 1 is 1.16 bits per heavy atom. The minimum atomic E-state index is -0.309. The highest BCUT2D eigenvalue weighted by atomic mass is 35.5. The summed E-state index contributed by atoms with van der Waals surface area (Å²) in [5, 5.41) is 4.55. The first-order valence-corrected chi connectivity index (χ1v) is 10.8. The Morgan fingerprint density at radius 3 is 2.78 bits per heavy atom. The van der Waals surface area contributed by atoms with E-state index in [1.54, 1.807) is 30.5 Å². The molecule has 32 heavy (non-hydrogen) atoms. The molecule has 4 rings (SSSR count). The molecule has 0 spiro atoms. The van der Waals surface area contributed by atoms with Gasteiger partial charge in [-0.1, -0.05) is 48.9 Å².